The first-order chi connectivity index (χ1) is 14.0. The first-order valence-electron chi connectivity index (χ1n) is 11.7. The molecule has 3 heterocycles. The van der Waals surface area contributed by atoms with Gasteiger partial charge in [0, 0.05) is 40.4 Å². The van der Waals surface area contributed by atoms with E-state index in [1.807, 2.05) is 11.4 Å². The molecular weight excluding hydrogens is 380 g/mol. The Hall–Kier alpha value is -1.20. The Morgan fingerprint density at radius 1 is 1.14 bits per heavy atom. The highest BCUT2D eigenvalue weighted by Gasteiger charge is 2.39. The summed E-state index contributed by atoms with van der Waals surface area (Å²) in [5.41, 5.74) is 0.772. The SMILES string of the molecule is CC(=O)c1csc([C@H](CCN2C3CCC2CC(C)C3)NC(=O)C2CCCCC2)c1. The Bertz CT molecular complexity index is 710. The molecule has 1 N–H and O–H groups in total. The van der Waals surface area contributed by atoms with Gasteiger partial charge in [0.15, 0.2) is 5.78 Å². The van der Waals surface area contributed by atoms with Crippen LogP contribution in [0.15, 0.2) is 11.4 Å². The van der Waals surface area contributed by atoms with Crippen molar-refractivity contribution in [2.45, 2.75) is 96.2 Å². The zero-order chi connectivity index (χ0) is 20.4. The minimum absolute atomic E-state index is 0.0290. The van der Waals surface area contributed by atoms with Crippen LogP contribution in [0.2, 0.25) is 0 Å². The highest BCUT2D eigenvalue weighted by atomic mass is 32.1. The number of thiophene rings is 1. The van der Waals surface area contributed by atoms with Gasteiger partial charge in [0.1, 0.15) is 0 Å². The average Bonchev–Trinajstić information content (AvgIpc) is 3.29. The summed E-state index contributed by atoms with van der Waals surface area (Å²) >= 11 is 1.62. The summed E-state index contributed by atoms with van der Waals surface area (Å²) in [5.74, 6) is 1.35. The number of ketones is 1. The van der Waals surface area contributed by atoms with Crippen LogP contribution in [-0.2, 0) is 4.79 Å². The van der Waals surface area contributed by atoms with Crippen LogP contribution >= 0.6 is 11.3 Å². The first-order valence-corrected chi connectivity index (χ1v) is 12.5. The van der Waals surface area contributed by atoms with E-state index >= 15 is 0 Å². The number of hydrogen-bond donors (Lipinski definition) is 1. The number of carbonyl (C=O) groups is 2. The second-order valence-corrected chi connectivity index (χ2v) is 10.6. The highest BCUT2D eigenvalue weighted by molar-refractivity contribution is 7.10. The van der Waals surface area contributed by atoms with E-state index in [1.54, 1.807) is 18.3 Å². The summed E-state index contributed by atoms with van der Waals surface area (Å²) in [4.78, 5) is 28.6. The van der Waals surface area contributed by atoms with Gasteiger partial charge in [-0.3, -0.25) is 14.5 Å². The third-order valence-electron chi connectivity index (χ3n) is 7.46. The van der Waals surface area contributed by atoms with Crippen LogP contribution in [0.5, 0.6) is 0 Å². The summed E-state index contributed by atoms with van der Waals surface area (Å²) in [7, 11) is 0. The van der Waals surface area contributed by atoms with Gasteiger partial charge in [-0.25, -0.2) is 0 Å². The molecule has 29 heavy (non-hydrogen) atoms. The van der Waals surface area contributed by atoms with Crippen molar-refractivity contribution in [2.75, 3.05) is 6.54 Å². The van der Waals surface area contributed by atoms with Crippen molar-refractivity contribution in [3.05, 3.63) is 21.9 Å². The molecule has 0 radical (unpaired) electrons. The van der Waals surface area contributed by atoms with E-state index in [9.17, 15) is 9.59 Å². The fourth-order valence-corrected chi connectivity index (χ4v) is 6.88. The van der Waals surface area contributed by atoms with Crippen molar-refractivity contribution in [3.8, 4) is 0 Å². The van der Waals surface area contributed by atoms with Crippen LogP contribution < -0.4 is 5.32 Å². The molecule has 1 aromatic heterocycles. The molecule has 4 rings (SSSR count). The molecule has 3 fully saturated rings. The lowest BCUT2D eigenvalue weighted by Gasteiger charge is -2.38. The third kappa shape index (κ3) is 4.93. The van der Waals surface area contributed by atoms with Crippen LogP contribution in [-0.4, -0.2) is 35.2 Å². The van der Waals surface area contributed by atoms with E-state index in [-0.39, 0.29) is 23.7 Å². The molecule has 1 aromatic rings. The Labute approximate surface area is 179 Å². The van der Waals surface area contributed by atoms with Crippen LogP contribution in [0.1, 0.15) is 99.3 Å². The molecule has 1 amide bonds. The van der Waals surface area contributed by atoms with E-state index in [4.69, 9.17) is 0 Å². The number of piperidine rings is 1. The maximum absolute atomic E-state index is 13.0. The molecule has 1 aliphatic carbocycles. The van der Waals surface area contributed by atoms with Gasteiger partial charge in [0.25, 0.3) is 0 Å². The summed E-state index contributed by atoms with van der Waals surface area (Å²) in [6.07, 6.45) is 11.9. The maximum atomic E-state index is 13.0. The standard InChI is InChI=1S/C24H36N2O2S/c1-16-12-20-8-9-21(13-16)26(20)11-10-22(23-14-19(15-29-23)17(2)27)25-24(28)18-6-4-3-5-7-18/h14-16,18,20-22H,3-13H2,1-2H3,(H,25,28)/t16?,20?,21?,22-/m0/s1. The van der Waals surface area contributed by atoms with Crippen LogP contribution in [0.4, 0.5) is 0 Å². The summed E-state index contributed by atoms with van der Waals surface area (Å²) < 4.78 is 0. The molecule has 0 spiro atoms. The molecule has 2 bridgehead atoms. The number of rotatable bonds is 7. The summed E-state index contributed by atoms with van der Waals surface area (Å²) in [5, 5.41) is 5.34. The van der Waals surface area contributed by atoms with E-state index in [0.717, 1.165) is 54.2 Å². The Kier molecular flexibility index (Phi) is 6.75. The largest absolute Gasteiger partial charge is 0.348 e. The van der Waals surface area contributed by atoms with E-state index < -0.39 is 0 Å². The van der Waals surface area contributed by atoms with Crippen molar-refractivity contribution in [1.82, 2.24) is 10.2 Å². The van der Waals surface area contributed by atoms with Gasteiger partial charge in [-0.15, -0.1) is 11.3 Å². The summed E-state index contributed by atoms with van der Waals surface area (Å²) in [6.45, 7) is 5.06. The fraction of sp³-hybridized carbons (Fsp3) is 0.750. The van der Waals surface area contributed by atoms with Gasteiger partial charge in [-0.05, 0) is 63.9 Å². The average molecular weight is 417 g/mol. The number of carbonyl (C=O) groups excluding carboxylic acids is 2. The predicted molar refractivity (Wildman–Crippen MR) is 118 cm³/mol. The fourth-order valence-electron chi connectivity index (χ4n) is 5.85. The number of nitrogens with one attached hydrogen (secondary N) is 1. The predicted octanol–water partition coefficient (Wildman–Crippen LogP) is 5.34. The molecule has 2 saturated heterocycles. The molecule has 1 saturated carbocycles. The molecule has 2 aliphatic heterocycles. The number of nitrogens with zero attached hydrogens (tertiary/aromatic N) is 1. The lowest BCUT2D eigenvalue weighted by atomic mass is 9.88. The first kappa shape index (κ1) is 21.0. The van der Waals surface area contributed by atoms with E-state index in [0.29, 0.717) is 0 Å². The molecule has 5 heteroatoms. The molecular formula is C24H36N2O2S. The van der Waals surface area contributed by atoms with Gasteiger partial charge in [-0.1, -0.05) is 26.2 Å². The normalized spacial score (nSPS) is 29.0. The Balaban J connectivity index is 1.44. The van der Waals surface area contributed by atoms with Crippen molar-refractivity contribution < 1.29 is 9.59 Å². The molecule has 3 aliphatic rings. The lowest BCUT2D eigenvalue weighted by Crippen LogP contribution is -2.44. The summed E-state index contributed by atoms with van der Waals surface area (Å²) in [6, 6.07) is 3.50. The molecule has 0 aromatic carbocycles. The van der Waals surface area contributed by atoms with E-state index in [1.165, 1.54) is 44.9 Å². The Morgan fingerprint density at radius 2 is 1.83 bits per heavy atom. The topological polar surface area (TPSA) is 49.4 Å². The molecule has 2 unspecified atom stereocenters. The molecule has 3 atom stereocenters. The highest BCUT2D eigenvalue weighted by Crippen LogP contribution is 2.39. The van der Waals surface area contributed by atoms with Gasteiger partial charge in [0.2, 0.25) is 5.91 Å². The van der Waals surface area contributed by atoms with Crippen molar-refractivity contribution in [1.29, 1.82) is 0 Å². The Morgan fingerprint density at radius 3 is 2.45 bits per heavy atom. The molecule has 160 valence electrons. The number of hydrogen-bond acceptors (Lipinski definition) is 4. The second kappa shape index (κ2) is 9.30. The van der Waals surface area contributed by atoms with Crippen LogP contribution in [0.25, 0.3) is 0 Å². The van der Waals surface area contributed by atoms with Crippen LogP contribution in [0.3, 0.4) is 0 Å². The van der Waals surface area contributed by atoms with Crippen molar-refractivity contribution in [3.63, 3.8) is 0 Å². The number of amides is 1. The molecule has 4 nitrogen and oxygen atoms in total. The van der Waals surface area contributed by atoms with Gasteiger partial charge in [0.05, 0.1) is 6.04 Å². The van der Waals surface area contributed by atoms with Crippen molar-refractivity contribution >= 4 is 23.0 Å². The lowest BCUT2D eigenvalue weighted by molar-refractivity contribution is -0.126. The third-order valence-corrected chi connectivity index (χ3v) is 8.50. The van der Waals surface area contributed by atoms with Gasteiger partial charge >= 0.3 is 0 Å². The smallest absolute Gasteiger partial charge is 0.223 e. The van der Waals surface area contributed by atoms with Crippen LogP contribution in [0, 0.1) is 11.8 Å². The minimum Gasteiger partial charge on any atom is -0.348 e. The monoisotopic (exact) mass is 416 g/mol. The zero-order valence-corrected chi connectivity index (χ0v) is 18.8. The number of fused-ring (bicyclic) bond motifs is 2. The maximum Gasteiger partial charge on any atom is 0.223 e. The van der Waals surface area contributed by atoms with Gasteiger partial charge in [-0.2, -0.15) is 0 Å². The van der Waals surface area contributed by atoms with E-state index in [2.05, 4.69) is 17.1 Å². The quantitative estimate of drug-likeness (QED) is 0.610. The van der Waals surface area contributed by atoms with Gasteiger partial charge < -0.3 is 5.32 Å². The number of Topliss-reactive ketones (excluding diaryl/α,β-unsaturated/α-hetero) is 1. The zero-order valence-electron chi connectivity index (χ0n) is 18.0. The van der Waals surface area contributed by atoms with Crippen molar-refractivity contribution in [2.24, 2.45) is 11.8 Å². The second-order valence-electron chi connectivity index (χ2n) is 9.68. The minimum atomic E-state index is 0.0290.